The third-order valence-electron chi connectivity index (χ3n) is 4.25. The average molecular weight is 270 g/mol. The van der Waals surface area contributed by atoms with Crippen molar-refractivity contribution >= 4 is 5.97 Å². The van der Waals surface area contributed by atoms with Gasteiger partial charge in [-0.3, -0.25) is 4.79 Å². The van der Waals surface area contributed by atoms with E-state index >= 15 is 0 Å². The number of carboxylic acid groups (broad SMARTS) is 1. The van der Waals surface area contributed by atoms with Gasteiger partial charge in [0, 0.05) is 6.04 Å². The summed E-state index contributed by atoms with van der Waals surface area (Å²) in [6.45, 7) is 11.8. The van der Waals surface area contributed by atoms with E-state index in [4.69, 9.17) is 0 Å². The van der Waals surface area contributed by atoms with Gasteiger partial charge in [0.2, 0.25) is 0 Å². The SMILES string of the molecule is CCCN1CCC(C(C)NC(C(=O)O)C(C)C)CC1. The molecule has 0 radical (unpaired) electrons. The molecule has 1 aliphatic rings. The molecule has 19 heavy (non-hydrogen) atoms. The van der Waals surface area contributed by atoms with Gasteiger partial charge in [0.05, 0.1) is 0 Å². The summed E-state index contributed by atoms with van der Waals surface area (Å²) in [5.41, 5.74) is 0. The number of nitrogens with one attached hydrogen (secondary N) is 1. The van der Waals surface area contributed by atoms with Gasteiger partial charge in [0.1, 0.15) is 6.04 Å². The van der Waals surface area contributed by atoms with Crippen LogP contribution >= 0.6 is 0 Å². The lowest BCUT2D eigenvalue weighted by atomic mass is 9.89. The number of rotatable bonds is 7. The second-order valence-electron chi connectivity index (χ2n) is 6.19. The Kier molecular flexibility index (Phi) is 6.80. The molecule has 0 saturated carbocycles. The molecule has 4 nitrogen and oxygen atoms in total. The molecule has 0 aromatic carbocycles. The minimum absolute atomic E-state index is 0.125. The van der Waals surface area contributed by atoms with Crippen molar-refractivity contribution in [2.24, 2.45) is 11.8 Å². The molecule has 1 aliphatic heterocycles. The molecule has 2 atom stereocenters. The Bertz CT molecular complexity index is 273. The minimum atomic E-state index is -0.731. The Balaban J connectivity index is 2.42. The molecular weight excluding hydrogens is 240 g/mol. The van der Waals surface area contributed by atoms with Gasteiger partial charge in [0.15, 0.2) is 0 Å². The largest absolute Gasteiger partial charge is 0.480 e. The van der Waals surface area contributed by atoms with Gasteiger partial charge in [-0.1, -0.05) is 20.8 Å². The fourth-order valence-electron chi connectivity index (χ4n) is 2.96. The molecule has 0 aromatic heterocycles. The summed E-state index contributed by atoms with van der Waals surface area (Å²) in [6, 6.07) is -0.143. The van der Waals surface area contributed by atoms with Crippen LogP contribution in [0.25, 0.3) is 0 Å². The molecule has 1 heterocycles. The zero-order valence-corrected chi connectivity index (χ0v) is 12.9. The van der Waals surface area contributed by atoms with Crippen molar-refractivity contribution in [1.82, 2.24) is 10.2 Å². The summed E-state index contributed by atoms with van der Waals surface area (Å²) in [7, 11) is 0. The first-order valence-corrected chi connectivity index (χ1v) is 7.66. The zero-order chi connectivity index (χ0) is 14.4. The fraction of sp³-hybridized carbons (Fsp3) is 0.933. The Morgan fingerprint density at radius 2 is 1.89 bits per heavy atom. The number of aliphatic carboxylic acids is 1. The summed E-state index contributed by atoms with van der Waals surface area (Å²) < 4.78 is 0. The fourth-order valence-corrected chi connectivity index (χ4v) is 2.96. The van der Waals surface area contributed by atoms with Crippen LogP contribution in [0.2, 0.25) is 0 Å². The highest BCUT2D eigenvalue weighted by molar-refractivity contribution is 5.73. The van der Waals surface area contributed by atoms with Crippen LogP contribution in [0.4, 0.5) is 0 Å². The highest BCUT2D eigenvalue weighted by atomic mass is 16.4. The van der Waals surface area contributed by atoms with Gasteiger partial charge >= 0.3 is 5.97 Å². The summed E-state index contributed by atoms with van der Waals surface area (Å²) in [5.74, 6) is -0.000828. The van der Waals surface area contributed by atoms with Crippen LogP contribution in [0.3, 0.4) is 0 Å². The van der Waals surface area contributed by atoms with Crippen LogP contribution in [0.5, 0.6) is 0 Å². The molecule has 0 spiro atoms. The van der Waals surface area contributed by atoms with Crippen molar-refractivity contribution in [3.05, 3.63) is 0 Å². The molecule has 1 rings (SSSR count). The summed E-state index contributed by atoms with van der Waals surface area (Å²) >= 11 is 0. The van der Waals surface area contributed by atoms with E-state index in [9.17, 15) is 9.90 Å². The maximum atomic E-state index is 11.2. The van der Waals surface area contributed by atoms with Crippen LogP contribution in [0.15, 0.2) is 0 Å². The number of hydrogen-bond donors (Lipinski definition) is 2. The van der Waals surface area contributed by atoms with Gasteiger partial charge in [-0.15, -0.1) is 0 Å². The van der Waals surface area contributed by atoms with E-state index in [0.29, 0.717) is 5.92 Å². The lowest BCUT2D eigenvalue weighted by Gasteiger charge is -2.36. The molecule has 2 N–H and O–H groups in total. The number of likely N-dealkylation sites (tertiary alicyclic amines) is 1. The second kappa shape index (κ2) is 7.85. The number of hydrogen-bond acceptors (Lipinski definition) is 3. The quantitative estimate of drug-likeness (QED) is 0.744. The number of carboxylic acids is 1. The topological polar surface area (TPSA) is 52.6 Å². The van der Waals surface area contributed by atoms with Gasteiger partial charge < -0.3 is 15.3 Å². The van der Waals surface area contributed by atoms with E-state index in [1.54, 1.807) is 0 Å². The average Bonchev–Trinajstić information content (AvgIpc) is 2.36. The molecule has 0 aromatic rings. The van der Waals surface area contributed by atoms with Gasteiger partial charge in [0.25, 0.3) is 0 Å². The van der Waals surface area contributed by atoms with Gasteiger partial charge in [-0.05, 0) is 57.7 Å². The molecular formula is C15H30N2O2. The maximum Gasteiger partial charge on any atom is 0.320 e. The first-order chi connectivity index (χ1) is 8.95. The molecule has 1 fully saturated rings. The number of nitrogens with zero attached hydrogens (tertiary/aromatic N) is 1. The standard InChI is InChI=1S/C15H30N2O2/c1-5-8-17-9-6-13(7-10-17)12(4)16-14(11(2)3)15(18)19/h11-14,16H,5-10H2,1-4H3,(H,18,19). The molecule has 112 valence electrons. The van der Waals surface area contributed by atoms with E-state index in [-0.39, 0.29) is 12.0 Å². The smallest absolute Gasteiger partial charge is 0.320 e. The van der Waals surface area contributed by atoms with Crippen LogP contribution in [0.1, 0.15) is 47.0 Å². The molecule has 0 bridgehead atoms. The highest BCUT2D eigenvalue weighted by Crippen LogP contribution is 2.21. The second-order valence-corrected chi connectivity index (χ2v) is 6.19. The molecule has 0 amide bonds. The molecule has 4 heteroatoms. The molecule has 1 saturated heterocycles. The highest BCUT2D eigenvalue weighted by Gasteiger charge is 2.28. The van der Waals surface area contributed by atoms with E-state index in [1.165, 1.54) is 25.8 Å². The Morgan fingerprint density at radius 3 is 2.32 bits per heavy atom. The van der Waals surface area contributed by atoms with Crippen molar-refractivity contribution < 1.29 is 9.90 Å². The Hall–Kier alpha value is -0.610. The van der Waals surface area contributed by atoms with Crippen LogP contribution < -0.4 is 5.32 Å². The van der Waals surface area contributed by atoms with E-state index in [2.05, 4.69) is 24.1 Å². The minimum Gasteiger partial charge on any atom is -0.480 e. The lowest BCUT2D eigenvalue weighted by Crippen LogP contribution is -2.50. The third kappa shape index (κ3) is 5.11. The van der Waals surface area contributed by atoms with Gasteiger partial charge in [-0.25, -0.2) is 0 Å². The molecule has 0 aliphatic carbocycles. The predicted octanol–water partition coefficient (Wildman–Crippen LogP) is 2.20. The summed E-state index contributed by atoms with van der Waals surface area (Å²) in [5, 5.41) is 12.5. The zero-order valence-electron chi connectivity index (χ0n) is 12.9. The van der Waals surface area contributed by atoms with Crippen molar-refractivity contribution in [3.8, 4) is 0 Å². The lowest BCUT2D eigenvalue weighted by molar-refractivity contribution is -0.141. The predicted molar refractivity (Wildman–Crippen MR) is 78.3 cm³/mol. The number of carbonyl (C=O) groups is 1. The van der Waals surface area contributed by atoms with Crippen LogP contribution in [0, 0.1) is 11.8 Å². The van der Waals surface area contributed by atoms with Gasteiger partial charge in [-0.2, -0.15) is 0 Å². The molecule has 2 unspecified atom stereocenters. The Morgan fingerprint density at radius 1 is 1.32 bits per heavy atom. The maximum absolute atomic E-state index is 11.2. The third-order valence-corrected chi connectivity index (χ3v) is 4.25. The van der Waals surface area contributed by atoms with Crippen LogP contribution in [-0.2, 0) is 4.79 Å². The van der Waals surface area contributed by atoms with E-state index in [0.717, 1.165) is 13.1 Å². The monoisotopic (exact) mass is 270 g/mol. The van der Waals surface area contributed by atoms with E-state index in [1.807, 2.05) is 13.8 Å². The van der Waals surface area contributed by atoms with E-state index < -0.39 is 12.0 Å². The van der Waals surface area contributed by atoms with Crippen molar-refractivity contribution in [3.63, 3.8) is 0 Å². The number of piperidine rings is 1. The normalized spacial score (nSPS) is 21.5. The van der Waals surface area contributed by atoms with Crippen molar-refractivity contribution in [2.75, 3.05) is 19.6 Å². The first kappa shape index (κ1) is 16.4. The van der Waals surface area contributed by atoms with Crippen molar-refractivity contribution in [2.45, 2.75) is 59.0 Å². The first-order valence-electron chi connectivity index (χ1n) is 7.66. The Labute approximate surface area is 117 Å². The summed E-state index contributed by atoms with van der Waals surface area (Å²) in [4.78, 5) is 13.7. The van der Waals surface area contributed by atoms with Crippen molar-refractivity contribution in [1.29, 1.82) is 0 Å². The van der Waals surface area contributed by atoms with Crippen LogP contribution in [-0.4, -0.2) is 47.7 Å². The summed E-state index contributed by atoms with van der Waals surface area (Å²) in [6.07, 6.45) is 3.57.